The Kier molecular flexibility index (Phi) is 7.33. The zero-order valence-electron chi connectivity index (χ0n) is 31.0. The van der Waals surface area contributed by atoms with Gasteiger partial charge in [-0.3, -0.25) is 0 Å². The molecule has 0 N–H and O–H groups in total. The summed E-state index contributed by atoms with van der Waals surface area (Å²) in [6.07, 6.45) is 0. The molecule has 0 aliphatic carbocycles. The van der Waals surface area contributed by atoms with Crippen molar-refractivity contribution in [2.45, 2.75) is 0 Å². The molecule has 4 heterocycles. The predicted octanol–water partition coefficient (Wildman–Crippen LogP) is 13.7. The standard InChI is InChI=1S/C52H31N5S/c1-2-14-33(15-3-1)50-54-51(34-25-28-37(29-26-34)57-43-22-9-6-19-39(43)40-20-7-10-23-44(40)57)56-52(55-50)36-17-12-16-35(31-36)47-49-46(41-21-8-11-24-45(41)58-49)42-30-27-32-13-4-5-18-38(32)48(42)53-47/h1-31H. The number of aromatic nitrogens is 5. The lowest BCUT2D eigenvalue weighted by Crippen LogP contribution is -2.01. The summed E-state index contributed by atoms with van der Waals surface area (Å²) in [5.41, 5.74) is 9.15. The molecule has 8 aromatic carbocycles. The van der Waals surface area contributed by atoms with E-state index in [1.807, 2.05) is 30.3 Å². The van der Waals surface area contributed by atoms with E-state index >= 15 is 0 Å². The Hall–Kier alpha value is -7.54. The highest BCUT2D eigenvalue weighted by molar-refractivity contribution is 7.26. The third kappa shape index (κ3) is 5.16. The van der Waals surface area contributed by atoms with E-state index in [1.165, 1.54) is 52.8 Å². The Bertz CT molecular complexity index is 3510. The van der Waals surface area contributed by atoms with Crippen LogP contribution in [0.25, 0.3) is 115 Å². The van der Waals surface area contributed by atoms with E-state index in [1.54, 1.807) is 11.3 Å². The van der Waals surface area contributed by atoms with Crippen molar-refractivity contribution in [1.82, 2.24) is 24.5 Å². The zero-order valence-corrected chi connectivity index (χ0v) is 31.9. The normalized spacial score (nSPS) is 11.8. The van der Waals surface area contributed by atoms with Crippen molar-refractivity contribution in [3.8, 4) is 51.1 Å². The summed E-state index contributed by atoms with van der Waals surface area (Å²) in [4.78, 5) is 20.8. The van der Waals surface area contributed by atoms with Crippen molar-refractivity contribution < 1.29 is 0 Å². The van der Waals surface area contributed by atoms with E-state index < -0.39 is 0 Å². The number of fused-ring (bicyclic) bond motifs is 10. The first-order valence-corrected chi connectivity index (χ1v) is 20.2. The van der Waals surface area contributed by atoms with E-state index in [0.717, 1.165) is 44.5 Å². The minimum absolute atomic E-state index is 0.607. The molecule has 0 saturated heterocycles. The molecule has 0 amide bonds. The Labute approximate surface area is 337 Å². The Morgan fingerprint density at radius 1 is 0.379 bits per heavy atom. The Morgan fingerprint density at radius 3 is 1.69 bits per heavy atom. The number of thiophene rings is 1. The van der Waals surface area contributed by atoms with E-state index in [-0.39, 0.29) is 0 Å². The van der Waals surface area contributed by atoms with Crippen molar-refractivity contribution in [3.63, 3.8) is 0 Å². The first-order valence-electron chi connectivity index (χ1n) is 19.4. The van der Waals surface area contributed by atoms with Gasteiger partial charge >= 0.3 is 0 Å². The van der Waals surface area contributed by atoms with Crippen LogP contribution in [0, 0.1) is 0 Å². The van der Waals surface area contributed by atoms with Crippen molar-refractivity contribution in [2.24, 2.45) is 0 Å². The highest BCUT2D eigenvalue weighted by Crippen LogP contribution is 2.44. The third-order valence-corrected chi connectivity index (χ3v) is 12.4. The molecule has 12 aromatic rings. The molecule has 4 aromatic heterocycles. The molecule has 270 valence electrons. The summed E-state index contributed by atoms with van der Waals surface area (Å²) < 4.78 is 4.74. The minimum atomic E-state index is 0.607. The monoisotopic (exact) mass is 757 g/mol. The number of pyridine rings is 1. The maximum atomic E-state index is 5.48. The van der Waals surface area contributed by atoms with Crippen molar-refractivity contribution >= 4 is 75.0 Å². The topological polar surface area (TPSA) is 56.5 Å². The zero-order chi connectivity index (χ0) is 38.2. The molecule has 58 heavy (non-hydrogen) atoms. The van der Waals surface area contributed by atoms with Gasteiger partial charge in [-0.05, 0) is 53.9 Å². The second kappa shape index (κ2) is 13.0. The van der Waals surface area contributed by atoms with Crippen LogP contribution in [0.5, 0.6) is 0 Å². The fourth-order valence-electron chi connectivity index (χ4n) is 8.53. The molecular weight excluding hydrogens is 727 g/mol. The number of rotatable bonds is 5. The first-order chi connectivity index (χ1) is 28.7. The smallest absolute Gasteiger partial charge is 0.164 e. The van der Waals surface area contributed by atoms with E-state index in [9.17, 15) is 0 Å². The number of benzene rings is 8. The summed E-state index contributed by atoms with van der Waals surface area (Å²) >= 11 is 1.80. The minimum Gasteiger partial charge on any atom is -0.309 e. The largest absolute Gasteiger partial charge is 0.309 e. The molecule has 0 aliphatic heterocycles. The molecule has 5 nitrogen and oxygen atoms in total. The van der Waals surface area contributed by atoms with E-state index in [2.05, 4.69) is 162 Å². The van der Waals surface area contributed by atoms with Crippen LogP contribution >= 0.6 is 11.3 Å². The van der Waals surface area contributed by atoms with Crippen LogP contribution in [-0.2, 0) is 0 Å². The lowest BCUT2D eigenvalue weighted by Gasteiger charge is -2.12. The van der Waals surface area contributed by atoms with E-state index in [0.29, 0.717) is 17.5 Å². The third-order valence-electron chi connectivity index (χ3n) is 11.2. The van der Waals surface area contributed by atoms with Crippen LogP contribution in [0.1, 0.15) is 0 Å². The van der Waals surface area contributed by atoms with Gasteiger partial charge in [0.25, 0.3) is 0 Å². The predicted molar refractivity (Wildman–Crippen MR) is 242 cm³/mol. The second-order valence-electron chi connectivity index (χ2n) is 14.6. The van der Waals surface area contributed by atoms with Crippen LogP contribution in [0.4, 0.5) is 0 Å². The van der Waals surface area contributed by atoms with Gasteiger partial charge < -0.3 is 4.57 Å². The molecule has 0 unspecified atom stereocenters. The fraction of sp³-hybridized carbons (Fsp3) is 0. The average molecular weight is 758 g/mol. The van der Waals surface area contributed by atoms with Gasteiger partial charge in [0.2, 0.25) is 0 Å². The van der Waals surface area contributed by atoms with Gasteiger partial charge in [0.1, 0.15) is 0 Å². The fourth-order valence-corrected chi connectivity index (χ4v) is 9.76. The highest BCUT2D eigenvalue weighted by Gasteiger charge is 2.19. The lowest BCUT2D eigenvalue weighted by atomic mass is 9.99. The lowest BCUT2D eigenvalue weighted by molar-refractivity contribution is 1.07. The molecule has 6 heteroatoms. The number of nitrogens with zero attached hydrogens (tertiary/aromatic N) is 5. The summed E-state index contributed by atoms with van der Waals surface area (Å²) in [7, 11) is 0. The van der Waals surface area contributed by atoms with Crippen molar-refractivity contribution in [1.29, 1.82) is 0 Å². The van der Waals surface area contributed by atoms with Crippen LogP contribution < -0.4 is 0 Å². The maximum Gasteiger partial charge on any atom is 0.164 e. The molecule has 0 aliphatic rings. The van der Waals surface area contributed by atoms with Crippen LogP contribution in [0.2, 0.25) is 0 Å². The van der Waals surface area contributed by atoms with Gasteiger partial charge in [-0.1, -0.05) is 140 Å². The van der Waals surface area contributed by atoms with Crippen LogP contribution in [-0.4, -0.2) is 24.5 Å². The summed E-state index contributed by atoms with van der Waals surface area (Å²) in [5.74, 6) is 1.85. The molecule has 0 fully saturated rings. The molecule has 12 rings (SSSR count). The average Bonchev–Trinajstić information content (AvgIpc) is 3.86. The number of para-hydroxylation sites is 2. The first kappa shape index (κ1) is 32.7. The number of hydrogen-bond acceptors (Lipinski definition) is 5. The van der Waals surface area contributed by atoms with Gasteiger partial charge in [0, 0.05) is 65.0 Å². The second-order valence-corrected chi connectivity index (χ2v) is 15.7. The molecule has 0 saturated carbocycles. The molecule has 0 bridgehead atoms. The number of hydrogen-bond donors (Lipinski definition) is 0. The van der Waals surface area contributed by atoms with Gasteiger partial charge in [-0.2, -0.15) is 0 Å². The summed E-state index contributed by atoms with van der Waals surface area (Å²) in [6, 6.07) is 66.0. The van der Waals surface area contributed by atoms with Gasteiger partial charge in [-0.25, -0.2) is 19.9 Å². The van der Waals surface area contributed by atoms with Crippen LogP contribution in [0.3, 0.4) is 0 Å². The molecular formula is C52H31N5S. The summed E-state index contributed by atoms with van der Waals surface area (Å²) in [6.45, 7) is 0. The molecule has 0 spiro atoms. The summed E-state index contributed by atoms with van der Waals surface area (Å²) in [5, 5.41) is 8.46. The SMILES string of the molecule is c1ccc(-c2nc(-c3ccc(-n4c5ccccc5c5ccccc54)cc3)nc(-c3cccc(-c4nc5c6ccccc6ccc5c5c4sc4ccccc45)c3)n2)cc1. The van der Waals surface area contributed by atoms with Gasteiger partial charge in [-0.15, -0.1) is 11.3 Å². The van der Waals surface area contributed by atoms with Crippen molar-refractivity contribution in [2.75, 3.05) is 0 Å². The highest BCUT2D eigenvalue weighted by atomic mass is 32.1. The van der Waals surface area contributed by atoms with Crippen LogP contribution in [0.15, 0.2) is 188 Å². The van der Waals surface area contributed by atoms with Crippen molar-refractivity contribution in [3.05, 3.63) is 188 Å². The van der Waals surface area contributed by atoms with E-state index in [4.69, 9.17) is 19.9 Å². The Morgan fingerprint density at radius 2 is 0.948 bits per heavy atom. The maximum absolute atomic E-state index is 5.48. The molecule has 0 radical (unpaired) electrons. The molecule has 0 atom stereocenters. The van der Waals surface area contributed by atoms with Gasteiger partial charge in [0.05, 0.1) is 26.9 Å². The Balaban J connectivity index is 1.02. The van der Waals surface area contributed by atoms with Gasteiger partial charge in [0.15, 0.2) is 17.5 Å². The quantitative estimate of drug-likeness (QED) is 0.164.